The van der Waals surface area contributed by atoms with Crippen LogP contribution < -0.4 is 15.9 Å². The molecule has 1 aliphatic carbocycles. The Balaban J connectivity index is 1.92. The molecule has 0 aliphatic heterocycles. The topological polar surface area (TPSA) is 0 Å². The third kappa shape index (κ3) is 3.47. The molecule has 0 aromatic heterocycles. The standard InChI is InChI=1S/C27H30P/c1-3-23-19-20-24(22(23)2)21-28(25-13-7-4-8-14-25,26-15-9-5-10-16-26)27-17-11-6-12-18-27/h4-18,20,22-23H,3,19,21H2,1-2H3/q+1/t22-,23-/m1/s1. The van der Waals surface area contributed by atoms with E-state index in [0.717, 1.165) is 12.1 Å². The predicted octanol–water partition coefficient (Wildman–Crippen LogP) is 5.97. The third-order valence-corrected chi connectivity index (χ3v) is 10.9. The molecule has 3 aromatic rings. The molecule has 0 nitrogen and oxygen atoms in total. The fraction of sp³-hybridized carbons (Fsp3) is 0.259. The molecule has 28 heavy (non-hydrogen) atoms. The zero-order valence-electron chi connectivity index (χ0n) is 17.0. The van der Waals surface area contributed by atoms with E-state index < -0.39 is 7.26 Å². The molecule has 0 heterocycles. The molecule has 0 spiro atoms. The number of hydrogen-bond donors (Lipinski definition) is 0. The van der Waals surface area contributed by atoms with Crippen LogP contribution in [0.25, 0.3) is 0 Å². The lowest BCUT2D eigenvalue weighted by Gasteiger charge is -2.30. The molecule has 0 unspecified atom stereocenters. The zero-order valence-corrected chi connectivity index (χ0v) is 17.9. The van der Waals surface area contributed by atoms with Crippen LogP contribution in [-0.4, -0.2) is 6.16 Å². The molecule has 0 radical (unpaired) electrons. The van der Waals surface area contributed by atoms with E-state index in [2.05, 4.69) is 111 Å². The zero-order chi connectivity index (χ0) is 19.4. The van der Waals surface area contributed by atoms with E-state index in [1.165, 1.54) is 28.8 Å². The average molecular weight is 386 g/mol. The van der Waals surface area contributed by atoms with E-state index in [9.17, 15) is 0 Å². The van der Waals surface area contributed by atoms with Crippen molar-refractivity contribution in [2.24, 2.45) is 11.8 Å². The fourth-order valence-electron chi connectivity index (χ4n) is 4.77. The highest BCUT2D eigenvalue weighted by atomic mass is 31.2. The number of allylic oxidation sites excluding steroid dienone is 2. The minimum absolute atomic E-state index is 0.681. The van der Waals surface area contributed by atoms with Gasteiger partial charge in [0.25, 0.3) is 0 Å². The van der Waals surface area contributed by atoms with Crippen LogP contribution in [0.5, 0.6) is 0 Å². The third-order valence-electron chi connectivity index (χ3n) is 6.51. The first-order valence-corrected chi connectivity index (χ1v) is 12.5. The summed E-state index contributed by atoms with van der Waals surface area (Å²) in [6, 6.07) is 33.8. The first-order chi connectivity index (χ1) is 13.8. The van der Waals surface area contributed by atoms with Gasteiger partial charge in [0.05, 0.1) is 6.16 Å². The lowest BCUT2D eigenvalue weighted by Crippen LogP contribution is -2.34. The van der Waals surface area contributed by atoms with E-state index in [0.29, 0.717) is 5.92 Å². The molecule has 0 saturated heterocycles. The first kappa shape index (κ1) is 19.2. The van der Waals surface area contributed by atoms with Crippen molar-refractivity contribution in [3.63, 3.8) is 0 Å². The van der Waals surface area contributed by atoms with E-state index in [1.807, 2.05) is 0 Å². The normalized spacial score (nSPS) is 19.4. The van der Waals surface area contributed by atoms with E-state index in [-0.39, 0.29) is 0 Å². The lowest BCUT2D eigenvalue weighted by molar-refractivity contribution is 0.427. The quantitative estimate of drug-likeness (QED) is 0.362. The van der Waals surface area contributed by atoms with Crippen LogP contribution >= 0.6 is 7.26 Å². The monoisotopic (exact) mass is 385 g/mol. The van der Waals surface area contributed by atoms with Crippen LogP contribution in [0.1, 0.15) is 26.7 Å². The number of hydrogen-bond acceptors (Lipinski definition) is 0. The van der Waals surface area contributed by atoms with Crippen LogP contribution in [0.15, 0.2) is 103 Å². The van der Waals surface area contributed by atoms with Crippen molar-refractivity contribution >= 4 is 23.2 Å². The second-order valence-corrected chi connectivity index (χ2v) is 11.4. The maximum Gasteiger partial charge on any atom is 0.116 e. The average Bonchev–Trinajstić information content (AvgIpc) is 3.13. The van der Waals surface area contributed by atoms with Gasteiger partial charge in [-0.3, -0.25) is 0 Å². The van der Waals surface area contributed by atoms with Crippen LogP contribution in [0.4, 0.5) is 0 Å². The second kappa shape index (κ2) is 8.46. The summed E-state index contributed by atoms with van der Waals surface area (Å²) < 4.78 is 0. The fourth-order valence-corrected chi connectivity index (χ4v) is 9.22. The highest BCUT2D eigenvalue weighted by molar-refractivity contribution is 7.95. The van der Waals surface area contributed by atoms with Crippen molar-refractivity contribution in [3.05, 3.63) is 103 Å². The second-order valence-electron chi connectivity index (χ2n) is 7.95. The van der Waals surface area contributed by atoms with E-state index >= 15 is 0 Å². The summed E-state index contributed by atoms with van der Waals surface area (Å²) in [4.78, 5) is 0. The Labute approximate surface area is 170 Å². The van der Waals surface area contributed by atoms with Crippen LogP contribution in [0.2, 0.25) is 0 Å². The van der Waals surface area contributed by atoms with Crippen molar-refractivity contribution in [1.29, 1.82) is 0 Å². The van der Waals surface area contributed by atoms with Gasteiger partial charge < -0.3 is 0 Å². The highest BCUT2D eigenvalue weighted by Gasteiger charge is 2.47. The Morgan fingerprint density at radius 1 is 0.714 bits per heavy atom. The van der Waals surface area contributed by atoms with Crippen LogP contribution in [0.3, 0.4) is 0 Å². The molecule has 4 rings (SSSR count). The SMILES string of the molecule is CC[C@@H]1CC=C(C[P+](c2ccccc2)(c2ccccc2)c2ccccc2)[C@@H]1C. The Morgan fingerprint density at radius 2 is 1.14 bits per heavy atom. The molecule has 142 valence electrons. The van der Waals surface area contributed by atoms with Crippen molar-refractivity contribution in [3.8, 4) is 0 Å². The Bertz CT molecular complexity index is 816. The Kier molecular flexibility index (Phi) is 5.79. The molecule has 2 atom stereocenters. The lowest BCUT2D eigenvalue weighted by atomic mass is 9.92. The summed E-state index contributed by atoms with van der Waals surface area (Å²) in [6.07, 6.45) is 6.23. The molecule has 0 saturated carbocycles. The van der Waals surface area contributed by atoms with Gasteiger partial charge in [-0.25, -0.2) is 0 Å². The molecular weight excluding hydrogens is 355 g/mol. The van der Waals surface area contributed by atoms with Gasteiger partial charge >= 0.3 is 0 Å². The van der Waals surface area contributed by atoms with Gasteiger partial charge in [0.2, 0.25) is 0 Å². The van der Waals surface area contributed by atoms with Gasteiger partial charge in [-0.05, 0) is 60.2 Å². The van der Waals surface area contributed by atoms with Crippen LogP contribution in [0, 0.1) is 11.8 Å². The summed E-state index contributed by atoms with van der Waals surface area (Å²) in [7, 11) is -1.75. The summed E-state index contributed by atoms with van der Waals surface area (Å²) in [5.74, 6) is 1.49. The van der Waals surface area contributed by atoms with Crippen molar-refractivity contribution in [2.75, 3.05) is 6.16 Å². The highest BCUT2D eigenvalue weighted by Crippen LogP contribution is 2.58. The maximum absolute atomic E-state index is 2.56. The maximum atomic E-state index is 2.56. The van der Waals surface area contributed by atoms with Gasteiger partial charge in [-0.2, -0.15) is 0 Å². The largest absolute Gasteiger partial charge is 0.116 e. The first-order valence-electron chi connectivity index (χ1n) is 10.5. The van der Waals surface area contributed by atoms with E-state index in [4.69, 9.17) is 0 Å². The van der Waals surface area contributed by atoms with Gasteiger partial charge in [0.15, 0.2) is 0 Å². The van der Waals surface area contributed by atoms with Gasteiger partial charge in [-0.15, -0.1) is 0 Å². The van der Waals surface area contributed by atoms with Crippen molar-refractivity contribution in [2.45, 2.75) is 26.7 Å². The predicted molar refractivity (Wildman–Crippen MR) is 126 cm³/mol. The summed E-state index contributed by atoms with van der Waals surface area (Å²) >= 11 is 0. The molecule has 1 aliphatic rings. The molecule has 0 fully saturated rings. The van der Waals surface area contributed by atoms with Crippen molar-refractivity contribution in [1.82, 2.24) is 0 Å². The summed E-state index contributed by atoms with van der Waals surface area (Å²) in [6.45, 7) is 4.79. The Hall–Kier alpha value is -2.17. The molecular formula is C27H30P+. The smallest absolute Gasteiger partial charge is 0.0811 e. The molecule has 3 aromatic carbocycles. The minimum atomic E-state index is -1.75. The van der Waals surface area contributed by atoms with E-state index in [1.54, 1.807) is 5.57 Å². The number of benzene rings is 3. The van der Waals surface area contributed by atoms with Crippen molar-refractivity contribution < 1.29 is 0 Å². The van der Waals surface area contributed by atoms with Gasteiger partial charge in [0.1, 0.15) is 23.2 Å². The Morgan fingerprint density at radius 3 is 1.50 bits per heavy atom. The van der Waals surface area contributed by atoms with Crippen LogP contribution in [-0.2, 0) is 0 Å². The van der Waals surface area contributed by atoms with Gasteiger partial charge in [0, 0.05) is 0 Å². The number of rotatable bonds is 6. The molecule has 0 bridgehead atoms. The molecule has 1 heteroatoms. The summed E-state index contributed by atoms with van der Waals surface area (Å²) in [5.41, 5.74) is 1.66. The van der Waals surface area contributed by atoms with Gasteiger partial charge in [-0.1, -0.05) is 80.9 Å². The molecule has 0 N–H and O–H groups in total. The molecule has 0 amide bonds. The summed E-state index contributed by atoms with van der Waals surface area (Å²) in [5, 5.41) is 4.46. The minimum Gasteiger partial charge on any atom is -0.0811 e.